The van der Waals surface area contributed by atoms with Gasteiger partial charge < -0.3 is 4.98 Å². The number of nitrogens with zero attached hydrogens (tertiary/aromatic N) is 2. The number of nitriles is 2. The van der Waals surface area contributed by atoms with Crippen LogP contribution in [0.4, 0.5) is 0 Å². The third kappa shape index (κ3) is 2.06. The van der Waals surface area contributed by atoms with E-state index >= 15 is 0 Å². The lowest BCUT2D eigenvalue weighted by atomic mass is 10.1. The molecule has 1 N–H and O–H groups in total. The van der Waals surface area contributed by atoms with Crippen LogP contribution >= 0.6 is 27.5 Å². The van der Waals surface area contributed by atoms with Gasteiger partial charge in [0, 0.05) is 5.02 Å². The summed E-state index contributed by atoms with van der Waals surface area (Å²) in [7, 11) is 0. The Morgan fingerprint density at radius 1 is 1.12 bits per heavy atom. The first-order chi connectivity index (χ1) is 8.17. The molecule has 1 heterocycles. The molecule has 0 aliphatic heterocycles. The number of nitrogens with one attached hydrogen (secondary N) is 1. The van der Waals surface area contributed by atoms with Gasteiger partial charge in [0.2, 0.25) is 0 Å². The summed E-state index contributed by atoms with van der Waals surface area (Å²) < 4.78 is 0.493. The fourth-order valence-electron chi connectivity index (χ4n) is 1.49. The first kappa shape index (κ1) is 11.7. The lowest BCUT2D eigenvalue weighted by Crippen LogP contribution is -1.81. The lowest BCUT2D eigenvalue weighted by Gasteiger charge is -1.99. The van der Waals surface area contributed by atoms with E-state index < -0.39 is 0 Å². The SMILES string of the molecule is N#Cc1[nH]c(-c2ccc(Cl)cc2)c(C#N)c1Br. The van der Waals surface area contributed by atoms with E-state index in [2.05, 4.69) is 27.0 Å². The van der Waals surface area contributed by atoms with E-state index in [1.54, 1.807) is 24.3 Å². The Balaban J connectivity index is 2.65. The van der Waals surface area contributed by atoms with E-state index in [0.29, 0.717) is 26.4 Å². The van der Waals surface area contributed by atoms with Crippen molar-refractivity contribution in [2.75, 3.05) is 0 Å². The van der Waals surface area contributed by atoms with Gasteiger partial charge in [0.25, 0.3) is 0 Å². The fourth-order valence-corrected chi connectivity index (χ4v) is 2.09. The van der Waals surface area contributed by atoms with Gasteiger partial charge in [-0.3, -0.25) is 0 Å². The molecule has 82 valence electrons. The van der Waals surface area contributed by atoms with E-state index in [0.717, 1.165) is 5.56 Å². The molecule has 3 nitrogen and oxygen atoms in total. The number of aromatic amines is 1. The Kier molecular flexibility index (Phi) is 3.19. The second-order valence-corrected chi connectivity index (χ2v) is 4.52. The highest BCUT2D eigenvalue weighted by Crippen LogP contribution is 2.31. The topological polar surface area (TPSA) is 63.4 Å². The standard InChI is InChI=1S/C12H5BrClN3/c13-11-9(5-15)12(17-10(11)6-16)7-1-3-8(14)4-2-7/h1-4,17H. The van der Waals surface area contributed by atoms with Crippen LogP contribution in [0, 0.1) is 22.7 Å². The Hall–Kier alpha value is -1.75. The number of hydrogen-bond donors (Lipinski definition) is 1. The third-order valence-electron chi connectivity index (χ3n) is 2.30. The Morgan fingerprint density at radius 3 is 2.29 bits per heavy atom. The van der Waals surface area contributed by atoms with Gasteiger partial charge in [0.05, 0.1) is 15.7 Å². The van der Waals surface area contributed by atoms with Gasteiger partial charge in [0.15, 0.2) is 0 Å². The molecule has 0 atom stereocenters. The lowest BCUT2D eigenvalue weighted by molar-refractivity contribution is 1.32. The molecule has 0 unspecified atom stereocenters. The van der Waals surface area contributed by atoms with Gasteiger partial charge in [-0.1, -0.05) is 23.7 Å². The van der Waals surface area contributed by atoms with Crippen molar-refractivity contribution in [2.45, 2.75) is 0 Å². The first-order valence-electron chi connectivity index (χ1n) is 4.65. The minimum Gasteiger partial charge on any atom is -0.344 e. The molecular weight excluding hydrogens is 302 g/mol. The number of benzene rings is 1. The summed E-state index contributed by atoms with van der Waals surface area (Å²) in [5, 5.41) is 18.6. The van der Waals surface area contributed by atoms with Crippen molar-refractivity contribution in [3.8, 4) is 23.4 Å². The second-order valence-electron chi connectivity index (χ2n) is 3.29. The molecule has 17 heavy (non-hydrogen) atoms. The molecule has 0 bridgehead atoms. The average Bonchev–Trinajstić information content (AvgIpc) is 2.66. The van der Waals surface area contributed by atoms with Crippen molar-refractivity contribution in [1.29, 1.82) is 10.5 Å². The minimum absolute atomic E-state index is 0.339. The summed E-state index contributed by atoms with van der Waals surface area (Å²) in [6.07, 6.45) is 0. The Labute approximate surface area is 111 Å². The molecule has 0 saturated heterocycles. The van der Waals surface area contributed by atoms with Gasteiger partial charge in [-0.05, 0) is 33.6 Å². The average molecular weight is 307 g/mol. The zero-order chi connectivity index (χ0) is 12.4. The van der Waals surface area contributed by atoms with Crippen molar-refractivity contribution >= 4 is 27.5 Å². The smallest absolute Gasteiger partial charge is 0.133 e. The summed E-state index contributed by atoms with van der Waals surface area (Å²) in [4.78, 5) is 2.91. The highest BCUT2D eigenvalue weighted by Gasteiger charge is 2.16. The summed E-state index contributed by atoms with van der Waals surface area (Å²) in [6, 6.07) is 11.1. The third-order valence-corrected chi connectivity index (χ3v) is 3.34. The zero-order valence-corrected chi connectivity index (χ0v) is 10.8. The highest BCUT2D eigenvalue weighted by molar-refractivity contribution is 9.10. The summed E-state index contributed by atoms with van der Waals surface area (Å²) in [6.45, 7) is 0. The van der Waals surface area contributed by atoms with Gasteiger partial charge in [-0.15, -0.1) is 0 Å². The van der Waals surface area contributed by atoms with Gasteiger partial charge in [-0.2, -0.15) is 10.5 Å². The van der Waals surface area contributed by atoms with E-state index in [9.17, 15) is 0 Å². The molecule has 0 amide bonds. The van der Waals surface area contributed by atoms with Crippen molar-refractivity contribution < 1.29 is 0 Å². The number of H-pyrrole nitrogens is 1. The van der Waals surface area contributed by atoms with E-state index in [-0.39, 0.29) is 0 Å². The van der Waals surface area contributed by atoms with Crippen molar-refractivity contribution in [3.05, 3.63) is 45.0 Å². The predicted molar refractivity (Wildman–Crippen MR) is 68.4 cm³/mol. The van der Waals surface area contributed by atoms with Crippen molar-refractivity contribution in [2.24, 2.45) is 0 Å². The maximum absolute atomic E-state index is 9.09. The highest BCUT2D eigenvalue weighted by atomic mass is 79.9. The quantitative estimate of drug-likeness (QED) is 0.870. The molecule has 0 aliphatic rings. The molecule has 2 aromatic rings. The largest absolute Gasteiger partial charge is 0.344 e. The summed E-state index contributed by atoms with van der Waals surface area (Å²) in [5.41, 5.74) is 2.19. The molecule has 0 radical (unpaired) electrons. The predicted octanol–water partition coefficient (Wildman–Crippen LogP) is 3.84. The molecule has 1 aromatic carbocycles. The van der Waals surface area contributed by atoms with Crippen LogP contribution in [0.5, 0.6) is 0 Å². The Morgan fingerprint density at radius 2 is 1.76 bits per heavy atom. The number of halogens is 2. The monoisotopic (exact) mass is 305 g/mol. The van der Waals surface area contributed by atoms with Crippen LogP contribution in [0.3, 0.4) is 0 Å². The van der Waals surface area contributed by atoms with Gasteiger partial charge in [-0.25, -0.2) is 0 Å². The van der Waals surface area contributed by atoms with Crippen LogP contribution < -0.4 is 0 Å². The molecule has 0 saturated carbocycles. The first-order valence-corrected chi connectivity index (χ1v) is 5.82. The summed E-state index contributed by atoms with van der Waals surface area (Å²) in [5.74, 6) is 0. The second kappa shape index (κ2) is 4.63. The van der Waals surface area contributed by atoms with E-state index in [4.69, 9.17) is 22.1 Å². The molecule has 0 fully saturated rings. The van der Waals surface area contributed by atoms with Crippen molar-refractivity contribution in [3.63, 3.8) is 0 Å². The number of hydrogen-bond acceptors (Lipinski definition) is 2. The van der Waals surface area contributed by atoms with E-state index in [1.165, 1.54) is 0 Å². The summed E-state index contributed by atoms with van der Waals surface area (Å²) >= 11 is 9.03. The van der Waals surface area contributed by atoms with Crippen LogP contribution in [0.2, 0.25) is 5.02 Å². The van der Waals surface area contributed by atoms with Crippen LogP contribution in [0.15, 0.2) is 28.7 Å². The van der Waals surface area contributed by atoms with Crippen LogP contribution in [-0.4, -0.2) is 4.98 Å². The van der Waals surface area contributed by atoms with Gasteiger partial charge >= 0.3 is 0 Å². The minimum atomic E-state index is 0.339. The Bertz CT molecular complexity index is 644. The van der Waals surface area contributed by atoms with E-state index in [1.807, 2.05) is 6.07 Å². The van der Waals surface area contributed by atoms with Crippen LogP contribution in [0.1, 0.15) is 11.3 Å². The molecule has 5 heteroatoms. The normalized spacial score (nSPS) is 9.65. The number of rotatable bonds is 1. The van der Waals surface area contributed by atoms with Gasteiger partial charge in [0.1, 0.15) is 17.8 Å². The maximum Gasteiger partial charge on any atom is 0.133 e. The molecule has 0 aliphatic carbocycles. The van der Waals surface area contributed by atoms with Crippen LogP contribution in [-0.2, 0) is 0 Å². The molecule has 0 spiro atoms. The molecule has 2 rings (SSSR count). The maximum atomic E-state index is 9.09. The molecular formula is C12H5BrClN3. The van der Waals surface area contributed by atoms with Crippen molar-refractivity contribution in [1.82, 2.24) is 4.98 Å². The zero-order valence-electron chi connectivity index (χ0n) is 8.46. The fraction of sp³-hybridized carbons (Fsp3) is 0. The van der Waals surface area contributed by atoms with Crippen LogP contribution in [0.25, 0.3) is 11.3 Å². The number of aromatic nitrogens is 1. The molecule has 1 aromatic heterocycles.